The van der Waals surface area contributed by atoms with Gasteiger partial charge in [0.2, 0.25) is 10.0 Å². The molecule has 0 unspecified atom stereocenters. The molecule has 0 aromatic heterocycles. The number of hydrogen-bond acceptors (Lipinski definition) is 6. The fourth-order valence-electron chi connectivity index (χ4n) is 1.96. The highest BCUT2D eigenvalue weighted by molar-refractivity contribution is 7.92. The van der Waals surface area contributed by atoms with Gasteiger partial charge in [0, 0.05) is 0 Å². The van der Waals surface area contributed by atoms with Gasteiger partial charge in [0.05, 0.1) is 16.8 Å². The van der Waals surface area contributed by atoms with Crippen molar-refractivity contribution in [2.24, 2.45) is 0 Å². The van der Waals surface area contributed by atoms with Gasteiger partial charge in [-0.15, -0.1) is 0 Å². The van der Waals surface area contributed by atoms with Crippen molar-refractivity contribution in [1.29, 1.82) is 0 Å². The van der Waals surface area contributed by atoms with Gasteiger partial charge in [0.15, 0.2) is 0 Å². The lowest BCUT2D eigenvalue weighted by molar-refractivity contribution is -0.156. The average molecular weight is 341 g/mol. The summed E-state index contributed by atoms with van der Waals surface area (Å²) in [7, 11) is -6.88. The monoisotopic (exact) mass is 341 g/mol. The van der Waals surface area contributed by atoms with Crippen molar-refractivity contribution in [3.63, 3.8) is 0 Å². The molecule has 124 valence electrons. The number of nitrogens with one attached hydrogen (secondary N) is 1. The summed E-state index contributed by atoms with van der Waals surface area (Å²) < 4.78 is 54.4. The Morgan fingerprint density at radius 2 is 1.71 bits per heavy atom. The fraction of sp³-hybridized carbons (Fsp3) is 0.917. The Morgan fingerprint density at radius 3 is 2.14 bits per heavy atom. The van der Waals surface area contributed by atoms with Gasteiger partial charge in [-0.05, 0) is 40.5 Å². The molecule has 1 fully saturated rings. The Kier molecular flexibility index (Phi) is 5.44. The minimum atomic E-state index is -3.75. The standard InChI is InChI=1S/C12H23NO6S2/c1-9(11(14)19-12(2,3)4)13-21(17,18)10-5-7-20(15,16)8-6-10/h9-10,13H,5-8H2,1-4H3/t9-/m1/s1. The third kappa shape index (κ3) is 5.91. The van der Waals surface area contributed by atoms with Crippen LogP contribution >= 0.6 is 0 Å². The Labute approximate surface area is 126 Å². The van der Waals surface area contributed by atoms with E-state index in [1.807, 2.05) is 0 Å². The number of rotatable bonds is 4. The number of sulfonamides is 1. The van der Waals surface area contributed by atoms with Gasteiger partial charge in [0.25, 0.3) is 0 Å². The van der Waals surface area contributed by atoms with Crippen LogP contribution in [0.1, 0.15) is 40.5 Å². The van der Waals surface area contributed by atoms with E-state index in [1.54, 1.807) is 20.8 Å². The summed E-state index contributed by atoms with van der Waals surface area (Å²) in [5.41, 5.74) is -0.699. The van der Waals surface area contributed by atoms with Crippen LogP contribution in [0.25, 0.3) is 0 Å². The number of hydrogen-bond donors (Lipinski definition) is 1. The lowest BCUT2D eigenvalue weighted by Gasteiger charge is -2.26. The summed E-state index contributed by atoms with van der Waals surface area (Å²) in [6, 6.07) is -1.01. The first-order valence-corrected chi connectivity index (χ1v) is 10.1. The van der Waals surface area contributed by atoms with Crippen LogP contribution in [-0.4, -0.2) is 51.2 Å². The normalized spacial score (nSPS) is 21.7. The third-order valence-corrected chi connectivity index (χ3v) is 6.79. The van der Waals surface area contributed by atoms with Gasteiger partial charge in [-0.25, -0.2) is 21.6 Å². The molecule has 0 amide bonds. The molecule has 0 bridgehead atoms. The van der Waals surface area contributed by atoms with E-state index in [1.165, 1.54) is 6.92 Å². The van der Waals surface area contributed by atoms with Crippen LogP contribution in [0.3, 0.4) is 0 Å². The van der Waals surface area contributed by atoms with Crippen molar-refractivity contribution >= 4 is 25.8 Å². The lowest BCUT2D eigenvalue weighted by atomic mass is 10.2. The number of sulfone groups is 1. The van der Waals surface area contributed by atoms with Crippen LogP contribution in [0.5, 0.6) is 0 Å². The fourth-order valence-corrected chi connectivity index (χ4v) is 5.39. The number of carbonyl (C=O) groups excluding carboxylic acids is 1. The number of carbonyl (C=O) groups is 1. The summed E-state index contributed by atoms with van der Waals surface area (Å²) >= 11 is 0. The van der Waals surface area contributed by atoms with E-state index in [9.17, 15) is 21.6 Å². The Balaban J connectivity index is 2.66. The maximum atomic E-state index is 12.2. The molecule has 0 aliphatic carbocycles. The van der Waals surface area contributed by atoms with E-state index in [0.29, 0.717) is 0 Å². The van der Waals surface area contributed by atoms with E-state index >= 15 is 0 Å². The molecule has 7 nitrogen and oxygen atoms in total. The summed E-state index contributed by atoms with van der Waals surface area (Å²) in [5.74, 6) is -0.937. The van der Waals surface area contributed by atoms with Gasteiger partial charge >= 0.3 is 5.97 Å². The molecule has 1 rings (SSSR count). The highest BCUT2D eigenvalue weighted by atomic mass is 32.2. The summed E-state index contributed by atoms with van der Waals surface area (Å²) in [6.45, 7) is 6.49. The molecule has 1 atom stereocenters. The van der Waals surface area contributed by atoms with Crippen molar-refractivity contribution in [3.8, 4) is 0 Å². The van der Waals surface area contributed by atoms with Crippen molar-refractivity contribution < 1.29 is 26.4 Å². The first-order chi connectivity index (χ1) is 9.32. The minimum absolute atomic E-state index is 0.0543. The summed E-state index contributed by atoms with van der Waals surface area (Å²) in [5, 5.41) is -0.786. The average Bonchev–Trinajstić information content (AvgIpc) is 2.25. The second kappa shape index (κ2) is 6.21. The molecule has 0 aromatic carbocycles. The van der Waals surface area contributed by atoms with E-state index in [-0.39, 0.29) is 24.3 Å². The predicted octanol–water partition coefficient (Wildman–Crippen LogP) is 0.213. The maximum Gasteiger partial charge on any atom is 0.324 e. The topological polar surface area (TPSA) is 107 Å². The predicted molar refractivity (Wildman–Crippen MR) is 79.0 cm³/mol. The van der Waals surface area contributed by atoms with Crippen molar-refractivity contribution in [1.82, 2.24) is 4.72 Å². The highest BCUT2D eigenvalue weighted by Gasteiger charge is 2.35. The molecular weight excluding hydrogens is 318 g/mol. The molecule has 1 N–H and O–H groups in total. The molecule has 21 heavy (non-hydrogen) atoms. The van der Waals surface area contributed by atoms with E-state index < -0.39 is 42.7 Å². The van der Waals surface area contributed by atoms with Crippen molar-refractivity contribution in [2.75, 3.05) is 11.5 Å². The molecule has 1 heterocycles. The van der Waals surface area contributed by atoms with Gasteiger partial charge in [-0.1, -0.05) is 0 Å². The second-order valence-electron chi connectivity index (χ2n) is 6.27. The Morgan fingerprint density at radius 1 is 1.24 bits per heavy atom. The van der Waals surface area contributed by atoms with Gasteiger partial charge < -0.3 is 4.74 Å². The van der Waals surface area contributed by atoms with Gasteiger partial charge in [-0.2, -0.15) is 0 Å². The zero-order valence-corrected chi connectivity index (χ0v) is 14.4. The molecule has 0 spiro atoms. The first kappa shape index (κ1) is 18.4. The smallest absolute Gasteiger partial charge is 0.324 e. The zero-order chi connectivity index (χ0) is 16.5. The summed E-state index contributed by atoms with van der Waals surface area (Å²) in [6.07, 6.45) is 0.109. The lowest BCUT2D eigenvalue weighted by Crippen LogP contribution is -2.47. The van der Waals surface area contributed by atoms with Crippen LogP contribution < -0.4 is 4.72 Å². The minimum Gasteiger partial charge on any atom is -0.459 e. The molecule has 0 radical (unpaired) electrons. The summed E-state index contributed by atoms with van der Waals surface area (Å²) in [4.78, 5) is 11.8. The molecule has 0 saturated carbocycles. The SMILES string of the molecule is C[C@@H](NS(=O)(=O)C1CCS(=O)(=O)CC1)C(=O)OC(C)(C)C. The highest BCUT2D eigenvalue weighted by Crippen LogP contribution is 2.19. The van der Waals surface area contributed by atoms with Crippen LogP contribution in [0.15, 0.2) is 0 Å². The second-order valence-corrected chi connectivity index (χ2v) is 10.6. The van der Waals surface area contributed by atoms with E-state index in [0.717, 1.165) is 0 Å². The maximum absolute atomic E-state index is 12.2. The molecule has 1 aliphatic heterocycles. The quantitative estimate of drug-likeness (QED) is 0.733. The molecule has 9 heteroatoms. The largest absolute Gasteiger partial charge is 0.459 e. The number of ether oxygens (including phenoxy) is 1. The van der Waals surface area contributed by atoms with Crippen LogP contribution in [0.2, 0.25) is 0 Å². The van der Waals surface area contributed by atoms with Crippen molar-refractivity contribution in [2.45, 2.75) is 57.4 Å². The van der Waals surface area contributed by atoms with Gasteiger partial charge in [-0.3, -0.25) is 4.79 Å². The first-order valence-electron chi connectivity index (χ1n) is 6.77. The van der Waals surface area contributed by atoms with Gasteiger partial charge in [0.1, 0.15) is 21.5 Å². The number of esters is 1. The van der Waals surface area contributed by atoms with Crippen molar-refractivity contribution in [3.05, 3.63) is 0 Å². The molecule has 1 saturated heterocycles. The molecule has 1 aliphatic rings. The molecule has 0 aromatic rings. The van der Waals surface area contributed by atoms with E-state index in [2.05, 4.69) is 4.72 Å². The van der Waals surface area contributed by atoms with Crippen LogP contribution in [0, 0.1) is 0 Å². The Hall–Kier alpha value is -0.670. The molecular formula is C12H23NO6S2. The van der Waals surface area contributed by atoms with Crippen LogP contribution in [0.4, 0.5) is 0 Å². The van der Waals surface area contributed by atoms with Crippen LogP contribution in [-0.2, 0) is 29.4 Å². The zero-order valence-electron chi connectivity index (χ0n) is 12.7. The third-order valence-electron chi connectivity index (χ3n) is 3.04. The Bertz CT molecular complexity index is 574. The van der Waals surface area contributed by atoms with E-state index in [4.69, 9.17) is 4.74 Å².